The molecule has 0 spiro atoms. The Balaban J connectivity index is 1.87. The molecule has 34 heavy (non-hydrogen) atoms. The first-order valence-electron chi connectivity index (χ1n) is 11.1. The number of halogens is 3. The van der Waals surface area contributed by atoms with Gasteiger partial charge in [0.1, 0.15) is 11.6 Å². The maximum atomic E-state index is 14.8. The zero-order chi connectivity index (χ0) is 24.0. The number of esters is 1. The van der Waals surface area contributed by atoms with Gasteiger partial charge >= 0.3 is 5.97 Å². The van der Waals surface area contributed by atoms with E-state index >= 15 is 0 Å². The fraction of sp³-hybridized carbons (Fsp3) is 0.259. The number of carbonyl (C=O) groups excluding carboxylic acids is 1. The van der Waals surface area contributed by atoms with Gasteiger partial charge in [0.2, 0.25) is 0 Å². The van der Waals surface area contributed by atoms with Crippen LogP contribution < -0.4 is 4.74 Å². The van der Waals surface area contributed by atoms with Crippen molar-refractivity contribution in [1.82, 2.24) is 4.98 Å². The smallest absolute Gasteiger partial charge is 0.310 e. The molecule has 0 atom stereocenters. The summed E-state index contributed by atoms with van der Waals surface area (Å²) in [6.07, 6.45) is -0.532. The molecular weight excluding hydrogens is 443 g/mol. The maximum absolute atomic E-state index is 14.8. The maximum Gasteiger partial charge on any atom is 0.310 e. The van der Waals surface area contributed by atoms with E-state index in [-0.39, 0.29) is 13.0 Å². The van der Waals surface area contributed by atoms with Crippen molar-refractivity contribution in [1.29, 1.82) is 0 Å². The highest BCUT2D eigenvalue weighted by atomic mass is 19.3. The highest BCUT2D eigenvalue weighted by Crippen LogP contribution is 2.43. The van der Waals surface area contributed by atoms with Crippen LogP contribution in [0.2, 0.25) is 0 Å². The van der Waals surface area contributed by atoms with Crippen molar-refractivity contribution in [2.45, 2.75) is 33.1 Å². The van der Waals surface area contributed by atoms with Crippen LogP contribution in [0.3, 0.4) is 0 Å². The zero-order valence-corrected chi connectivity index (χ0v) is 18.8. The molecule has 2 heterocycles. The van der Waals surface area contributed by atoms with E-state index in [9.17, 15) is 18.0 Å². The van der Waals surface area contributed by atoms with Crippen LogP contribution in [-0.2, 0) is 22.4 Å². The second-order valence-corrected chi connectivity index (χ2v) is 8.33. The fourth-order valence-corrected chi connectivity index (χ4v) is 4.79. The molecule has 4 nitrogen and oxygen atoms in total. The third-order valence-electron chi connectivity index (χ3n) is 6.29. The summed E-state index contributed by atoms with van der Waals surface area (Å²) >= 11 is 0. The average Bonchev–Trinajstić information content (AvgIpc) is 2.81. The SMILES string of the molecule is CCOC(=O)Cc1c(C)cc2cc(C(F)F)c(F)cc2c1-c1ccc2c3c(ccnc13)CCO2. The largest absolute Gasteiger partial charge is 0.493 e. The monoisotopic (exact) mass is 465 g/mol. The van der Waals surface area contributed by atoms with Gasteiger partial charge in [-0.2, -0.15) is 0 Å². The van der Waals surface area contributed by atoms with Gasteiger partial charge in [-0.25, -0.2) is 13.2 Å². The van der Waals surface area contributed by atoms with E-state index in [1.54, 1.807) is 19.2 Å². The Morgan fingerprint density at radius 2 is 2.03 bits per heavy atom. The number of carbonyl (C=O) groups is 1. The van der Waals surface area contributed by atoms with Gasteiger partial charge in [0.25, 0.3) is 6.43 Å². The molecule has 0 bridgehead atoms. The van der Waals surface area contributed by atoms with Crippen LogP contribution in [-0.4, -0.2) is 24.2 Å². The zero-order valence-electron chi connectivity index (χ0n) is 18.8. The summed E-state index contributed by atoms with van der Waals surface area (Å²) in [5.41, 5.74) is 3.73. The van der Waals surface area contributed by atoms with Gasteiger partial charge in [0.05, 0.1) is 30.7 Å². The number of hydrogen-bond acceptors (Lipinski definition) is 4. The summed E-state index contributed by atoms with van der Waals surface area (Å²) in [6, 6.07) is 9.64. The van der Waals surface area contributed by atoms with Crippen LogP contribution in [0.1, 0.15) is 35.6 Å². The van der Waals surface area contributed by atoms with Gasteiger partial charge in [0.15, 0.2) is 0 Å². The third kappa shape index (κ3) is 3.65. The Kier molecular flexibility index (Phi) is 5.63. The first-order valence-corrected chi connectivity index (χ1v) is 11.1. The molecule has 1 aromatic heterocycles. The molecule has 0 saturated carbocycles. The van der Waals surface area contributed by atoms with Crippen molar-refractivity contribution in [2.24, 2.45) is 0 Å². The van der Waals surface area contributed by atoms with E-state index in [1.807, 2.05) is 25.1 Å². The number of aromatic nitrogens is 1. The van der Waals surface area contributed by atoms with Crippen molar-refractivity contribution >= 4 is 27.6 Å². The van der Waals surface area contributed by atoms with Crippen molar-refractivity contribution < 1.29 is 27.4 Å². The summed E-state index contributed by atoms with van der Waals surface area (Å²) in [6.45, 7) is 4.33. The lowest BCUT2D eigenvalue weighted by atomic mass is 9.86. The minimum absolute atomic E-state index is 0.0391. The lowest BCUT2D eigenvalue weighted by Crippen LogP contribution is -2.11. The molecule has 1 aliphatic rings. The fourth-order valence-electron chi connectivity index (χ4n) is 4.79. The molecule has 5 rings (SSSR count). The van der Waals surface area contributed by atoms with Crippen LogP contribution in [0, 0.1) is 12.7 Å². The second-order valence-electron chi connectivity index (χ2n) is 8.33. The lowest BCUT2D eigenvalue weighted by molar-refractivity contribution is -0.142. The molecule has 174 valence electrons. The van der Waals surface area contributed by atoms with Gasteiger partial charge in [-0.1, -0.05) is 6.07 Å². The number of pyridine rings is 1. The molecule has 7 heteroatoms. The normalized spacial score (nSPS) is 12.9. The van der Waals surface area contributed by atoms with Gasteiger partial charge in [-0.15, -0.1) is 0 Å². The third-order valence-corrected chi connectivity index (χ3v) is 6.29. The summed E-state index contributed by atoms with van der Waals surface area (Å²) < 4.78 is 52.7. The van der Waals surface area contributed by atoms with E-state index in [0.29, 0.717) is 45.3 Å². The van der Waals surface area contributed by atoms with Crippen molar-refractivity contribution in [2.75, 3.05) is 13.2 Å². The van der Waals surface area contributed by atoms with Gasteiger partial charge in [0, 0.05) is 23.6 Å². The predicted molar refractivity (Wildman–Crippen MR) is 124 cm³/mol. The number of rotatable bonds is 5. The second kappa shape index (κ2) is 8.63. The van der Waals surface area contributed by atoms with Crippen LogP contribution in [0.5, 0.6) is 5.75 Å². The predicted octanol–water partition coefficient (Wildman–Crippen LogP) is 6.48. The minimum atomic E-state index is -2.94. The van der Waals surface area contributed by atoms with Gasteiger partial charge < -0.3 is 9.47 Å². The molecule has 0 amide bonds. The first kappa shape index (κ1) is 22.2. The highest BCUT2D eigenvalue weighted by molar-refractivity contribution is 6.08. The van der Waals surface area contributed by atoms with Crippen LogP contribution in [0.4, 0.5) is 13.2 Å². The average molecular weight is 465 g/mol. The summed E-state index contributed by atoms with van der Waals surface area (Å²) in [5.74, 6) is -0.702. The molecule has 0 unspecified atom stereocenters. The Morgan fingerprint density at radius 1 is 1.21 bits per heavy atom. The molecule has 0 radical (unpaired) electrons. The topological polar surface area (TPSA) is 48.4 Å². The summed E-state index contributed by atoms with van der Waals surface area (Å²) in [7, 11) is 0. The molecule has 3 aromatic carbocycles. The van der Waals surface area contributed by atoms with Gasteiger partial charge in [-0.05, 0) is 77.2 Å². The first-order chi connectivity index (χ1) is 16.4. The van der Waals surface area contributed by atoms with Crippen LogP contribution >= 0.6 is 0 Å². The molecule has 1 aliphatic heterocycles. The number of benzene rings is 3. The minimum Gasteiger partial charge on any atom is -0.493 e. The number of hydrogen-bond donors (Lipinski definition) is 0. The van der Waals surface area contributed by atoms with E-state index in [0.717, 1.165) is 29.0 Å². The summed E-state index contributed by atoms with van der Waals surface area (Å²) in [5, 5.41) is 1.77. The van der Waals surface area contributed by atoms with Crippen LogP contribution in [0.15, 0.2) is 42.6 Å². The number of alkyl halides is 2. The number of fused-ring (bicyclic) bond motifs is 1. The molecule has 4 aromatic rings. The molecule has 0 N–H and O–H groups in total. The van der Waals surface area contributed by atoms with E-state index in [1.165, 1.54) is 6.07 Å². The Labute approximate surface area is 194 Å². The van der Waals surface area contributed by atoms with E-state index in [2.05, 4.69) is 4.98 Å². The molecule has 0 aliphatic carbocycles. The van der Waals surface area contributed by atoms with Crippen molar-refractivity contribution in [3.8, 4) is 16.9 Å². The molecular formula is C27H22F3NO3. The van der Waals surface area contributed by atoms with E-state index in [4.69, 9.17) is 9.47 Å². The number of aryl methyl sites for hydroxylation is 1. The van der Waals surface area contributed by atoms with E-state index < -0.39 is 23.8 Å². The summed E-state index contributed by atoms with van der Waals surface area (Å²) in [4.78, 5) is 17.1. The Morgan fingerprint density at radius 3 is 2.79 bits per heavy atom. The lowest BCUT2D eigenvalue weighted by Gasteiger charge is -2.22. The Hall–Kier alpha value is -3.61. The van der Waals surface area contributed by atoms with Crippen molar-refractivity contribution in [3.05, 3.63) is 70.7 Å². The Bertz CT molecular complexity index is 1440. The highest BCUT2D eigenvalue weighted by Gasteiger charge is 2.24. The van der Waals surface area contributed by atoms with Gasteiger partial charge in [-0.3, -0.25) is 9.78 Å². The number of nitrogens with zero attached hydrogens (tertiary/aromatic N) is 1. The quantitative estimate of drug-likeness (QED) is 0.317. The van der Waals surface area contributed by atoms with Crippen molar-refractivity contribution in [3.63, 3.8) is 0 Å². The molecule has 0 fully saturated rings. The standard InChI is InChI=1S/C27H22F3NO3/c1-3-33-23(32)13-18-14(2)10-16-11-20(27(29)30)21(28)12-19(16)25(18)17-4-5-22-24-15(7-9-34-22)6-8-31-26(17)24/h4-6,8,10-12,27H,3,7,9,13H2,1-2H3. The molecule has 0 saturated heterocycles. The van der Waals surface area contributed by atoms with Crippen LogP contribution in [0.25, 0.3) is 32.8 Å². The number of ether oxygens (including phenoxy) is 2.